The van der Waals surface area contributed by atoms with Crippen molar-refractivity contribution in [2.75, 3.05) is 25.5 Å². The highest BCUT2D eigenvalue weighted by Crippen LogP contribution is 2.31. The van der Waals surface area contributed by atoms with Gasteiger partial charge in [0.05, 0.1) is 7.11 Å². The SMILES string of the molecule is COc1cc(C(N)=O)cc([NH2+]O)c1NC/C=C/CNC(=O)OC(C)(C)C. The van der Waals surface area contributed by atoms with Gasteiger partial charge in [-0.25, -0.2) is 10.0 Å². The standard InChI is InChI=1S/C17H26N4O5/c1-17(2,3)26-16(23)20-8-6-5-7-19-14-12(21-24)9-11(15(18)22)10-13(14)25-4/h5-6,9-10,19,21,24H,7-8H2,1-4H3,(H2,18,22)(H,20,23)/p+1/b6-5+. The zero-order valence-electron chi connectivity index (χ0n) is 15.5. The molecule has 1 aromatic carbocycles. The summed E-state index contributed by atoms with van der Waals surface area (Å²) in [6.45, 7) is 6.09. The first-order chi connectivity index (χ1) is 12.2. The third kappa shape index (κ3) is 6.99. The van der Waals surface area contributed by atoms with E-state index in [0.717, 1.165) is 5.48 Å². The number of alkyl carbamates (subject to hydrolysis) is 1. The average molecular weight is 367 g/mol. The van der Waals surface area contributed by atoms with E-state index in [1.165, 1.54) is 19.2 Å². The summed E-state index contributed by atoms with van der Waals surface area (Å²) in [5, 5.41) is 15.1. The van der Waals surface area contributed by atoms with Crippen LogP contribution < -0.4 is 26.6 Å². The van der Waals surface area contributed by atoms with Crippen molar-refractivity contribution in [3.05, 3.63) is 29.8 Å². The van der Waals surface area contributed by atoms with E-state index >= 15 is 0 Å². The summed E-state index contributed by atoms with van der Waals surface area (Å²) in [4.78, 5) is 22.8. The Morgan fingerprint density at radius 2 is 1.92 bits per heavy atom. The second-order valence-corrected chi connectivity index (χ2v) is 6.37. The van der Waals surface area contributed by atoms with E-state index in [9.17, 15) is 14.8 Å². The Morgan fingerprint density at radius 3 is 2.46 bits per heavy atom. The third-order valence-electron chi connectivity index (χ3n) is 3.10. The Hall–Kier alpha value is -2.78. The van der Waals surface area contributed by atoms with Crippen LogP contribution in [0, 0.1) is 0 Å². The number of quaternary nitrogens is 1. The summed E-state index contributed by atoms with van der Waals surface area (Å²) < 4.78 is 10.4. The van der Waals surface area contributed by atoms with Crippen molar-refractivity contribution in [3.63, 3.8) is 0 Å². The topological polar surface area (TPSA) is 140 Å². The number of methoxy groups -OCH3 is 1. The first kappa shape index (κ1) is 21.3. The number of hydrogen-bond acceptors (Lipinski definition) is 6. The van der Waals surface area contributed by atoms with E-state index in [1.807, 2.05) is 0 Å². The number of amides is 2. The van der Waals surface area contributed by atoms with Gasteiger partial charge in [-0.15, -0.1) is 0 Å². The molecular formula is C17H27N4O5+. The van der Waals surface area contributed by atoms with Crippen molar-refractivity contribution in [2.24, 2.45) is 5.73 Å². The fraction of sp³-hybridized carbons (Fsp3) is 0.412. The minimum atomic E-state index is -0.619. The van der Waals surface area contributed by atoms with E-state index in [-0.39, 0.29) is 5.56 Å². The average Bonchev–Trinajstić information content (AvgIpc) is 2.55. The molecule has 0 fully saturated rings. The van der Waals surface area contributed by atoms with Gasteiger partial charge < -0.3 is 25.8 Å². The molecule has 1 rings (SSSR count). The monoisotopic (exact) mass is 367 g/mol. The molecule has 26 heavy (non-hydrogen) atoms. The number of carbonyl (C=O) groups excluding carboxylic acids is 2. The predicted octanol–water partition coefficient (Wildman–Crippen LogP) is 0.871. The lowest BCUT2D eigenvalue weighted by atomic mass is 10.1. The van der Waals surface area contributed by atoms with Crippen molar-refractivity contribution >= 4 is 23.4 Å². The van der Waals surface area contributed by atoms with Gasteiger partial charge in [0.15, 0.2) is 5.69 Å². The zero-order chi connectivity index (χ0) is 19.7. The van der Waals surface area contributed by atoms with Crippen molar-refractivity contribution in [1.82, 2.24) is 5.32 Å². The maximum atomic E-state index is 11.5. The Kier molecular flexibility index (Phi) is 7.88. The second kappa shape index (κ2) is 9.64. The van der Waals surface area contributed by atoms with Crippen LogP contribution in [-0.4, -0.2) is 43.0 Å². The highest BCUT2D eigenvalue weighted by molar-refractivity contribution is 5.95. The number of nitrogens with two attached hydrogens (primary N) is 2. The van der Waals surface area contributed by atoms with Crippen LogP contribution >= 0.6 is 0 Å². The molecule has 9 nitrogen and oxygen atoms in total. The fourth-order valence-corrected chi connectivity index (χ4v) is 2.02. The van der Waals surface area contributed by atoms with Gasteiger partial charge in [-0.2, -0.15) is 5.48 Å². The van der Waals surface area contributed by atoms with Crippen molar-refractivity contribution in [2.45, 2.75) is 26.4 Å². The Morgan fingerprint density at radius 1 is 1.27 bits per heavy atom. The second-order valence-electron chi connectivity index (χ2n) is 6.37. The lowest BCUT2D eigenvalue weighted by Crippen LogP contribution is -2.74. The highest BCUT2D eigenvalue weighted by atomic mass is 16.6. The quantitative estimate of drug-likeness (QED) is 0.262. The number of primary amides is 1. The summed E-state index contributed by atoms with van der Waals surface area (Å²) in [5.74, 6) is -0.243. The third-order valence-corrected chi connectivity index (χ3v) is 3.10. The summed E-state index contributed by atoms with van der Waals surface area (Å²) in [7, 11) is 1.45. The van der Waals surface area contributed by atoms with Gasteiger partial charge in [0, 0.05) is 24.7 Å². The Balaban J connectivity index is 2.62. The molecule has 144 valence electrons. The summed E-state index contributed by atoms with van der Waals surface area (Å²) >= 11 is 0. The van der Waals surface area contributed by atoms with E-state index in [4.69, 9.17) is 15.2 Å². The number of nitrogens with one attached hydrogen (secondary N) is 2. The number of ether oxygens (including phenoxy) is 2. The van der Waals surface area contributed by atoms with Gasteiger partial charge in [-0.3, -0.25) is 4.79 Å². The molecule has 7 N–H and O–H groups in total. The van der Waals surface area contributed by atoms with E-state index < -0.39 is 17.6 Å². The maximum Gasteiger partial charge on any atom is 0.407 e. The molecule has 0 heterocycles. The highest BCUT2D eigenvalue weighted by Gasteiger charge is 2.17. The van der Waals surface area contributed by atoms with Crippen LogP contribution in [0.4, 0.5) is 16.2 Å². The molecule has 1 aromatic rings. The minimum absolute atomic E-state index is 0.227. The van der Waals surface area contributed by atoms with Gasteiger partial charge in [0.1, 0.15) is 17.0 Å². The fourth-order valence-electron chi connectivity index (χ4n) is 2.02. The number of anilines is 1. The molecule has 0 aliphatic rings. The molecule has 0 bridgehead atoms. The smallest absolute Gasteiger partial charge is 0.407 e. The zero-order valence-corrected chi connectivity index (χ0v) is 15.5. The molecule has 0 aromatic heterocycles. The van der Waals surface area contributed by atoms with Crippen LogP contribution in [0.2, 0.25) is 0 Å². The normalized spacial score (nSPS) is 11.3. The van der Waals surface area contributed by atoms with Crippen LogP contribution in [0.5, 0.6) is 5.75 Å². The van der Waals surface area contributed by atoms with Gasteiger partial charge in [-0.05, 0) is 26.8 Å². The Labute approximate surface area is 152 Å². The first-order valence-corrected chi connectivity index (χ1v) is 8.03. The molecule has 2 amide bonds. The molecule has 0 atom stereocenters. The molecule has 0 saturated heterocycles. The van der Waals surface area contributed by atoms with Gasteiger partial charge >= 0.3 is 6.09 Å². The van der Waals surface area contributed by atoms with Crippen LogP contribution in [0.25, 0.3) is 0 Å². The van der Waals surface area contributed by atoms with Gasteiger partial charge in [-0.1, -0.05) is 12.2 Å². The van der Waals surface area contributed by atoms with Crippen LogP contribution in [0.3, 0.4) is 0 Å². The molecule has 0 unspecified atom stereocenters. The molecule has 0 saturated carbocycles. The Bertz CT molecular complexity index is 643. The van der Waals surface area contributed by atoms with Crippen LogP contribution in [0.1, 0.15) is 31.1 Å². The van der Waals surface area contributed by atoms with E-state index in [1.54, 1.807) is 32.9 Å². The minimum Gasteiger partial charge on any atom is -0.494 e. The summed E-state index contributed by atoms with van der Waals surface area (Å²) in [5.41, 5.74) is 6.71. The number of rotatable bonds is 8. The van der Waals surface area contributed by atoms with Crippen molar-refractivity contribution < 1.29 is 29.8 Å². The van der Waals surface area contributed by atoms with Crippen LogP contribution in [0.15, 0.2) is 24.3 Å². The number of benzene rings is 1. The van der Waals surface area contributed by atoms with Crippen molar-refractivity contribution in [3.8, 4) is 5.75 Å². The number of hydrogen-bond donors (Lipinski definition) is 5. The van der Waals surface area contributed by atoms with E-state index in [0.29, 0.717) is 30.2 Å². The maximum absolute atomic E-state index is 11.5. The molecule has 0 radical (unpaired) electrons. The first-order valence-electron chi connectivity index (χ1n) is 8.03. The van der Waals surface area contributed by atoms with Crippen LogP contribution in [-0.2, 0) is 4.74 Å². The largest absolute Gasteiger partial charge is 0.494 e. The molecule has 9 heteroatoms. The van der Waals surface area contributed by atoms with Gasteiger partial charge in [0.25, 0.3) is 0 Å². The summed E-state index contributed by atoms with van der Waals surface area (Å²) in [6, 6.07) is 2.95. The molecule has 0 aliphatic heterocycles. The van der Waals surface area contributed by atoms with E-state index in [2.05, 4.69) is 10.6 Å². The molecule has 0 spiro atoms. The lowest BCUT2D eigenvalue weighted by molar-refractivity contribution is -0.825. The van der Waals surface area contributed by atoms with Gasteiger partial charge in [0.2, 0.25) is 5.91 Å². The number of carbonyl (C=O) groups is 2. The lowest BCUT2D eigenvalue weighted by Gasteiger charge is -2.19. The molecular weight excluding hydrogens is 340 g/mol. The summed E-state index contributed by atoms with van der Waals surface area (Å²) in [6.07, 6.45) is 3.06. The molecule has 0 aliphatic carbocycles. The van der Waals surface area contributed by atoms with Crippen molar-refractivity contribution in [1.29, 1.82) is 0 Å². The predicted molar refractivity (Wildman–Crippen MR) is 96.8 cm³/mol.